The van der Waals surface area contributed by atoms with Gasteiger partial charge in [-0.2, -0.15) is 0 Å². The van der Waals surface area contributed by atoms with Crippen LogP contribution in [-0.4, -0.2) is 37.7 Å². The zero-order valence-corrected chi connectivity index (χ0v) is 13.1. The molecule has 1 rings (SSSR count). The van der Waals surface area contributed by atoms with Gasteiger partial charge in [-0.05, 0) is 24.2 Å². The largest absolute Gasteiger partial charge is 0.455 e. The van der Waals surface area contributed by atoms with Crippen molar-refractivity contribution in [3.63, 3.8) is 0 Å². The van der Waals surface area contributed by atoms with Crippen molar-refractivity contribution in [1.29, 1.82) is 0 Å². The zero-order chi connectivity index (χ0) is 14.1. The summed E-state index contributed by atoms with van der Waals surface area (Å²) in [6.45, 7) is 12.0. The van der Waals surface area contributed by atoms with Crippen LogP contribution in [0, 0.1) is 0 Å². The first-order chi connectivity index (χ1) is 8.04. The SMILES string of the molecule is CC(=O)O[C@H]1C=C[C@@H](O)[C@@H]1O[Si](C)(C)C(C)(C)C. The van der Waals surface area contributed by atoms with Crippen molar-refractivity contribution in [1.82, 2.24) is 0 Å². The monoisotopic (exact) mass is 272 g/mol. The fourth-order valence-corrected chi connectivity index (χ4v) is 2.90. The van der Waals surface area contributed by atoms with Crippen LogP contribution in [0.5, 0.6) is 0 Å². The molecule has 5 heteroatoms. The van der Waals surface area contributed by atoms with Gasteiger partial charge in [0, 0.05) is 6.92 Å². The normalized spacial score (nSPS) is 28.5. The summed E-state index contributed by atoms with van der Waals surface area (Å²) in [6, 6.07) is 0. The quantitative estimate of drug-likeness (QED) is 0.486. The highest BCUT2D eigenvalue weighted by Gasteiger charge is 2.44. The molecule has 1 N–H and O–H groups in total. The topological polar surface area (TPSA) is 55.8 Å². The second-order valence-electron chi connectivity index (χ2n) is 6.29. The standard InChI is InChI=1S/C13H24O4Si/c1-9(14)16-11-8-7-10(15)12(11)17-18(5,6)13(2,3)4/h7-8,10-12,15H,1-6H3/t10-,11+,12+/m1/s1. The number of aliphatic hydroxyl groups excluding tert-OH is 1. The molecule has 1 aliphatic rings. The Labute approximate surface area is 110 Å². The van der Waals surface area contributed by atoms with E-state index in [4.69, 9.17) is 9.16 Å². The molecule has 0 aliphatic heterocycles. The molecule has 0 aromatic carbocycles. The molecular formula is C13H24O4Si. The van der Waals surface area contributed by atoms with Crippen LogP contribution in [0.1, 0.15) is 27.7 Å². The molecule has 0 aromatic rings. The van der Waals surface area contributed by atoms with Gasteiger partial charge in [0.2, 0.25) is 0 Å². The van der Waals surface area contributed by atoms with Crippen molar-refractivity contribution in [2.75, 3.05) is 0 Å². The van der Waals surface area contributed by atoms with Crippen molar-refractivity contribution in [3.8, 4) is 0 Å². The molecule has 1 aliphatic carbocycles. The summed E-state index contributed by atoms with van der Waals surface area (Å²) in [5.74, 6) is -0.359. The molecule has 0 aromatic heterocycles. The van der Waals surface area contributed by atoms with Crippen LogP contribution in [0.3, 0.4) is 0 Å². The summed E-state index contributed by atoms with van der Waals surface area (Å²) in [7, 11) is -2.00. The van der Waals surface area contributed by atoms with Crippen LogP contribution < -0.4 is 0 Å². The minimum Gasteiger partial charge on any atom is -0.455 e. The molecule has 104 valence electrons. The Hall–Kier alpha value is -0.653. The highest BCUT2D eigenvalue weighted by molar-refractivity contribution is 6.74. The van der Waals surface area contributed by atoms with Crippen LogP contribution >= 0.6 is 0 Å². The first kappa shape index (κ1) is 15.4. The average Bonchev–Trinajstić information content (AvgIpc) is 2.46. The lowest BCUT2D eigenvalue weighted by atomic mass is 10.2. The maximum Gasteiger partial charge on any atom is 0.303 e. The second-order valence-corrected chi connectivity index (χ2v) is 11.0. The second kappa shape index (κ2) is 5.15. The average molecular weight is 272 g/mol. The van der Waals surface area contributed by atoms with Crippen LogP contribution in [0.2, 0.25) is 18.1 Å². The Morgan fingerprint density at radius 3 is 2.28 bits per heavy atom. The lowest BCUT2D eigenvalue weighted by Gasteiger charge is -2.40. The molecule has 3 atom stereocenters. The third-order valence-electron chi connectivity index (χ3n) is 3.70. The van der Waals surface area contributed by atoms with E-state index in [9.17, 15) is 9.90 Å². The molecule has 0 radical (unpaired) electrons. The highest BCUT2D eigenvalue weighted by Crippen LogP contribution is 2.39. The minimum absolute atomic E-state index is 0.0517. The summed E-state index contributed by atoms with van der Waals surface area (Å²) in [5.41, 5.74) is 0. The van der Waals surface area contributed by atoms with E-state index < -0.39 is 26.6 Å². The summed E-state index contributed by atoms with van der Waals surface area (Å²) in [5, 5.41) is 9.97. The molecule has 0 heterocycles. The van der Waals surface area contributed by atoms with Crippen molar-refractivity contribution in [2.24, 2.45) is 0 Å². The van der Waals surface area contributed by atoms with Gasteiger partial charge in [0.05, 0.1) is 0 Å². The van der Waals surface area contributed by atoms with E-state index in [2.05, 4.69) is 33.9 Å². The van der Waals surface area contributed by atoms with E-state index in [1.54, 1.807) is 12.2 Å². The van der Waals surface area contributed by atoms with Crippen molar-refractivity contribution in [2.45, 2.75) is 64.1 Å². The number of carbonyl (C=O) groups excluding carboxylic acids is 1. The summed E-state index contributed by atoms with van der Waals surface area (Å²) >= 11 is 0. The minimum atomic E-state index is -2.00. The Bertz CT molecular complexity index is 343. The summed E-state index contributed by atoms with van der Waals surface area (Å²) < 4.78 is 11.3. The molecule has 0 spiro atoms. The molecule has 0 saturated heterocycles. The lowest BCUT2D eigenvalue weighted by molar-refractivity contribution is -0.149. The zero-order valence-electron chi connectivity index (χ0n) is 12.1. The predicted molar refractivity (Wildman–Crippen MR) is 72.8 cm³/mol. The molecule has 0 amide bonds. The number of rotatable bonds is 3. The fourth-order valence-electron chi connectivity index (χ4n) is 1.59. The smallest absolute Gasteiger partial charge is 0.303 e. The van der Waals surface area contributed by atoms with E-state index in [-0.39, 0.29) is 11.0 Å². The molecule has 18 heavy (non-hydrogen) atoms. The van der Waals surface area contributed by atoms with Crippen LogP contribution in [0.25, 0.3) is 0 Å². The lowest BCUT2D eigenvalue weighted by Crippen LogP contribution is -2.49. The molecular weight excluding hydrogens is 248 g/mol. The van der Waals surface area contributed by atoms with Crippen molar-refractivity contribution < 1.29 is 19.1 Å². The van der Waals surface area contributed by atoms with Crippen LogP contribution in [0.15, 0.2) is 12.2 Å². The number of carbonyl (C=O) groups is 1. The predicted octanol–water partition coefficient (Wildman–Crippen LogP) is 2.24. The fraction of sp³-hybridized carbons (Fsp3) is 0.769. The van der Waals surface area contributed by atoms with Gasteiger partial charge in [-0.25, -0.2) is 0 Å². The Morgan fingerprint density at radius 2 is 1.83 bits per heavy atom. The Balaban J connectivity index is 2.78. The Kier molecular flexibility index (Phi) is 4.41. The number of esters is 1. The van der Waals surface area contributed by atoms with Gasteiger partial charge in [-0.1, -0.05) is 26.8 Å². The van der Waals surface area contributed by atoms with Gasteiger partial charge in [0.1, 0.15) is 18.3 Å². The van der Waals surface area contributed by atoms with Gasteiger partial charge in [-0.3, -0.25) is 4.79 Å². The van der Waals surface area contributed by atoms with Crippen LogP contribution in [0.4, 0.5) is 0 Å². The molecule has 0 bridgehead atoms. The van der Waals surface area contributed by atoms with Crippen molar-refractivity contribution >= 4 is 14.3 Å². The Morgan fingerprint density at radius 1 is 1.28 bits per heavy atom. The third-order valence-corrected chi connectivity index (χ3v) is 8.17. The van der Waals surface area contributed by atoms with Gasteiger partial charge in [-0.15, -0.1) is 0 Å². The van der Waals surface area contributed by atoms with E-state index in [1.165, 1.54) is 6.92 Å². The third kappa shape index (κ3) is 3.43. The molecule has 4 nitrogen and oxygen atoms in total. The number of hydrogen-bond acceptors (Lipinski definition) is 4. The number of aliphatic hydroxyl groups is 1. The van der Waals surface area contributed by atoms with Gasteiger partial charge in [0.15, 0.2) is 8.32 Å². The highest BCUT2D eigenvalue weighted by atomic mass is 28.4. The van der Waals surface area contributed by atoms with Gasteiger partial charge in [0.25, 0.3) is 0 Å². The van der Waals surface area contributed by atoms with E-state index in [0.717, 1.165) is 0 Å². The van der Waals surface area contributed by atoms with Gasteiger partial charge >= 0.3 is 5.97 Å². The maximum absolute atomic E-state index is 11.0. The van der Waals surface area contributed by atoms with Crippen molar-refractivity contribution in [3.05, 3.63) is 12.2 Å². The maximum atomic E-state index is 11.0. The van der Waals surface area contributed by atoms with E-state index >= 15 is 0 Å². The molecule has 0 fully saturated rings. The number of hydrogen-bond donors (Lipinski definition) is 1. The molecule has 0 saturated carbocycles. The molecule has 0 unspecified atom stereocenters. The first-order valence-corrected chi connectivity index (χ1v) is 9.17. The van der Waals surface area contributed by atoms with Crippen LogP contribution in [-0.2, 0) is 14.0 Å². The van der Waals surface area contributed by atoms with Gasteiger partial charge < -0.3 is 14.3 Å². The first-order valence-electron chi connectivity index (χ1n) is 6.26. The van der Waals surface area contributed by atoms with E-state index in [0.29, 0.717) is 0 Å². The summed E-state index contributed by atoms with van der Waals surface area (Å²) in [6.07, 6.45) is 1.67. The summed E-state index contributed by atoms with van der Waals surface area (Å²) in [4.78, 5) is 11.0. The van der Waals surface area contributed by atoms with E-state index in [1.807, 2.05) is 0 Å². The number of ether oxygens (including phenoxy) is 1.